The first kappa shape index (κ1) is 18.6. The Morgan fingerprint density at radius 3 is 1.92 bits per heavy atom. The molecule has 0 radical (unpaired) electrons. The molecule has 0 saturated heterocycles. The van der Waals surface area contributed by atoms with Crippen LogP contribution in [0.1, 0.15) is 11.1 Å². The minimum atomic E-state index is 0.290. The van der Waals surface area contributed by atoms with Crippen LogP contribution in [0.15, 0.2) is 42.5 Å². The van der Waals surface area contributed by atoms with Crippen molar-refractivity contribution in [1.29, 1.82) is 0 Å². The molecule has 0 amide bonds. The lowest BCUT2D eigenvalue weighted by Gasteiger charge is -2.16. The number of hydrogen-bond acceptors (Lipinski definition) is 6. The summed E-state index contributed by atoms with van der Waals surface area (Å²) in [6.07, 6.45) is 1.88. The predicted octanol–water partition coefficient (Wildman–Crippen LogP) is 3.13. The minimum absolute atomic E-state index is 0.290. The number of benzene rings is 2. The smallest absolute Gasteiger partial charge is 0.203 e. The van der Waals surface area contributed by atoms with Crippen molar-refractivity contribution in [3.05, 3.63) is 53.6 Å². The average molecular weight is 345 g/mol. The van der Waals surface area contributed by atoms with Crippen LogP contribution in [0.3, 0.4) is 0 Å². The zero-order valence-electron chi connectivity index (χ0n) is 14.8. The van der Waals surface area contributed by atoms with E-state index in [4.69, 9.17) is 24.2 Å². The molecule has 0 bridgehead atoms. The standard InChI is InChI=1S/C19H23NO5/c1-22-15-7-5-13(6-8-15)16(9-10-20-21)14-11-17(23-2)19(25-4)18(12-14)24-3/h5-9,11-12,20-21H,10H2,1-4H3/b16-9+. The molecule has 0 aliphatic heterocycles. The van der Waals surface area contributed by atoms with Crippen LogP contribution < -0.4 is 24.4 Å². The summed E-state index contributed by atoms with van der Waals surface area (Å²) in [5.74, 6) is 2.43. The van der Waals surface area contributed by atoms with Crippen LogP contribution in [-0.4, -0.2) is 40.2 Å². The maximum Gasteiger partial charge on any atom is 0.203 e. The molecule has 2 aromatic rings. The van der Waals surface area contributed by atoms with E-state index in [1.54, 1.807) is 28.4 Å². The second kappa shape index (κ2) is 8.96. The fourth-order valence-corrected chi connectivity index (χ4v) is 2.56. The normalized spacial score (nSPS) is 11.2. The average Bonchev–Trinajstić information content (AvgIpc) is 2.67. The third-order valence-corrected chi connectivity index (χ3v) is 3.77. The van der Waals surface area contributed by atoms with Crippen LogP contribution in [-0.2, 0) is 0 Å². The SMILES string of the molecule is COc1ccc(/C(=C\CNO)c2cc(OC)c(OC)c(OC)c2)cc1. The summed E-state index contributed by atoms with van der Waals surface area (Å²) in [4.78, 5) is 0. The Morgan fingerprint density at radius 2 is 1.48 bits per heavy atom. The number of methoxy groups -OCH3 is 4. The number of ether oxygens (including phenoxy) is 4. The zero-order chi connectivity index (χ0) is 18.2. The molecule has 6 nitrogen and oxygen atoms in total. The quantitative estimate of drug-likeness (QED) is 0.717. The summed E-state index contributed by atoms with van der Waals surface area (Å²) in [7, 11) is 6.34. The highest BCUT2D eigenvalue weighted by Gasteiger charge is 2.16. The van der Waals surface area contributed by atoms with Crippen molar-refractivity contribution in [3.63, 3.8) is 0 Å². The van der Waals surface area contributed by atoms with Gasteiger partial charge in [0.1, 0.15) is 5.75 Å². The second-order valence-corrected chi connectivity index (χ2v) is 5.12. The fraction of sp³-hybridized carbons (Fsp3) is 0.263. The van der Waals surface area contributed by atoms with E-state index >= 15 is 0 Å². The van der Waals surface area contributed by atoms with Crippen LogP contribution in [0.5, 0.6) is 23.0 Å². The van der Waals surface area contributed by atoms with Crippen molar-refractivity contribution in [1.82, 2.24) is 5.48 Å². The number of rotatable bonds is 8. The molecule has 0 unspecified atom stereocenters. The zero-order valence-corrected chi connectivity index (χ0v) is 14.8. The first-order chi connectivity index (χ1) is 12.2. The molecule has 0 aliphatic carbocycles. The van der Waals surface area contributed by atoms with Gasteiger partial charge in [-0.05, 0) is 41.0 Å². The van der Waals surface area contributed by atoms with Crippen molar-refractivity contribution in [3.8, 4) is 23.0 Å². The molecule has 6 heteroatoms. The monoisotopic (exact) mass is 345 g/mol. The van der Waals surface area contributed by atoms with Crippen molar-refractivity contribution in [2.75, 3.05) is 35.0 Å². The molecule has 0 atom stereocenters. The van der Waals surface area contributed by atoms with E-state index in [0.717, 1.165) is 22.4 Å². The summed E-state index contributed by atoms with van der Waals surface area (Å²) >= 11 is 0. The van der Waals surface area contributed by atoms with E-state index in [2.05, 4.69) is 5.48 Å². The van der Waals surface area contributed by atoms with Crippen molar-refractivity contribution in [2.45, 2.75) is 0 Å². The molecule has 0 heterocycles. The van der Waals surface area contributed by atoms with Gasteiger partial charge in [-0.15, -0.1) is 0 Å². The van der Waals surface area contributed by atoms with Crippen molar-refractivity contribution >= 4 is 5.57 Å². The number of hydrogen-bond donors (Lipinski definition) is 2. The molecule has 0 aromatic heterocycles. The number of hydroxylamine groups is 1. The van der Waals surface area contributed by atoms with E-state index in [1.807, 2.05) is 42.5 Å². The highest BCUT2D eigenvalue weighted by atomic mass is 16.5. The third kappa shape index (κ3) is 4.23. The van der Waals surface area contributed by atoms with Crippen LogP contribution in [0, 0.1) is 0 Å². The molecule has 0 saturated carbocycles. The Labute approximate surface area is 147 Å². The van der Waals surface area contributed by atoms with Gasteiger partial charge in [0.05, 0.1) is 28.4 Å². The van der Waals surface area contributed by atoms with Crippen molar-refractivity contribution in [2.24, 2.45) is 0 Å². The van der Waals surface area contributed by atoms with Gasteiger partial charge < -0.3 is 24.2 Å². The largest absolute Gasteiger partial charge is 0.497 e. The van der Waals surface area contributed by atoms with Gasteiger partial charge in [-0.2, -0.15) is 0 Å². The van der Waals surface area contributed by atoms with Gasteiger partial charge in [0.2, 0.25) is 5.75 Å². The van der Waals surface area contributed by atoms with Crippen LogP contribution >= 0.6 is 0 Å². The van der Waals surface area contributed by atoms with Crippen molar-refractivity contribution < 1.29 is 24.2 Å². The van der Waals surface area contributed by atoms with E-state index < -0.39 is 0 Å². The third-order valence-electron chi connectivity index (χ3n) is 3.77. The Bertz CT molecular complexity index is 700. The predicted molar refractivity (Wildman–Crippen MR) is 96.0 cm³/mol. The Kier molecular flexibility index (Phi) is 6.68. The fourth-order valence-electron chi connectivity index (χ4n) is 2.56. The summed E-state index contributed by atoms with van der Waals surface area (Å²) in [6.45, 7) is 0.290. The minimum Gasteiger partial charge on any atom is -0.497 e. The van der Waals surface area contributed by atoms with Crippen LogP contribution in [0.4, 0.5) is 0 Å². The highest BCUT2D eigenvalue weighted by Crippen LogP contribution is 2.41. The van der Waals surface area contributed by atoms with E-state index in [0.29, 0.717) is 17.2 Å². The van der Waals surface area contributed by atoms with Gasteiger partial charge in [0.25, 0.3) is 0 Å². The maximum absolute atomic E-state index is 8.99. The lowest BCUT2D eigenvalue weighted by Crippen LogP contribution is -2.07. The maximum atomic E-state index is 8.99. The van der Waals surface area contributed by atoms with E-state index in [9.17, 15) is 0 Å². The van der Waals surface area contributed by atoms with Gasteiger partial charge in [-0.25, -0.2) is 5.48 Å². The molecule has 0 fully saturated rings. The molecule has 2 rings (SSSR count). The van der Waals surface area contributed by atoms with Gasteiger partial charge in [0, 0.05) is 6.54 Å². The molecule has 2 N–H and O–H groups in total. The molecule has 0 spiro atoms. The van der Waals surface area contributed by atoms with Gasteiger partial charge in [-0.3, -0.25) is 0 Å². The molecule has 25 heavy (non-hydrogen) atoms. The Hall–Kier alpha value is -2.70. The Morgan fingerprint density at radius 1 is 0.880 bits per heavy atom. The second-order valence-electron chi connectivity index (χ2n) is 5.12. The number of nitrogens with one attached hydrogen (secondary N) is 1. The topological polar surface area (TPSA) is 69.2 Å². The molecule has 2 aromatic carbocycles. The van der Waals surface area contributed by atoms with E-state index in [1.165, 1.54) is 0 Å². The molecule has 134 valence electrons. The Balaban J connectivity index is 2.57. The highest BCUT2D eigenvalue weighted by molar-refractivity contribution is 5.82. The first-order valence-electron chi connectivity index (χ1n) is 7.70. The summed E-state index contributed by atoms with van der Waals surface area (Å²) in [5, 5.41) is 8.99. The molecule has 0 aliphatic rings. The van der Waals surface area contributed by atoms with Gasteiger partial charge in [-0.1, -0.05) is 18.2 Å². The van der Waals surface area contributed by atoms with Gasteiger partial charge >= 0.3 is 0 Å². The summed E-state index contributed by atoms with van der Waals surface area (Å²) < 4.78 is 21.4. The molecular weight excluding hydrogens is 322 g/mol. The summed E-state index contributed by atoms with van der Waals surface area (Å²) in [5.41, 5.74) is 4.89. The lowest BCUT2D eigenvalue weighted by molar-refractivity contribution is 0.180. The lowest BCUT2D eigenvalue weighted by atomic mass is 9.96. The summed E-state index contributed by atoms with van der Waals surface area (Å²) in [6, 6.07) is 11.4. The van der Waals surface area contributed by atoms with Gasteiger partial charge in [0.15, 0.2) is 11.5 Å². The molecular formula is C19H23NO5. The van der Waals surface area contributed by atoms with Crippen LogP contribution in [0.2, 0.25) is 0 Å². The first-order valence-corrected chi connectivity index (χ1v) is 7.70. The van der Waals surface area contributed by atoms with E-state index in [-0.39, 0.29) is 6.54 Å². The van der Waals surface area contributed by atoms with Crippen LogP contribution in [0.25, 0.3) is 5.57 Å².